The van der Waals surface area contributed by atoms with Crippen LogP contribution >= 0.6 is 15.9 Å². The molecule has 2 aliphatic carbocycles. The Morgan fingerprint density at radius 1 is 1.29 bits per heavy atom. The molecule has 2 fully saturated rings. The molecular weight excluding hydrogens is 332 g/mol. The number of nitrogens with zero attached hydrogens (tertiary/aromatic N) is 1. The van der Waals surface area contributed by atoms with Crippen molar-refractivity contribution in [1.82, 2.24) is 9.97 Å². The lowest BCUT2D eigenvalue weighted by Crippen LogP contribution is -2.34. The van der Waals surface area contributed by atoms with Crippen LogP contribution in [0.2, 0.25) is 0 Å². The molecule has 2 saturated carbocycles. The Bertz CT molecular complexity index is 558. The first-order chi connectivity index (χ1) is 10.2. The first-order valence-electron chi connectivity index (χ1n) is 8.10. The highest BCUT2D eigenvalue weighted by Crippen LogP contribution is 2.43. The molecule has 0 atom stereocenters. The summed E-state index contributed by atoms with van der Waals surface area (Å²) in [5.74, 6) is 1.20. The van der Waals surface area contributed by atoms with Gasteiger partial charge in [-0.3, -0.25) is 4.79 Å². The zero-order valence-electron chi connectivity index (χ0n) is 12.6. The second kappa shape index (κ2) is 6.21. The molecule has 0 aromatic carbocycles. The van der Waals surface area contributed by atoms with E-state index in [9.17, 15) is 4.79 Å². The van der Waals surface area contributed by atoms with Crippen LogP contribution in [-0.4, -0.2) is 16.6 Å². The fourth-order valence-corrected chi connectivity index (χ4v) is 3.86. The zero-order valence-corrected chi connectivity index (χ0v) is 14.2. The molecule has 21 heavy (non-hydrogen) atoms. The van der Waals surface area contributed by atoms with Gasteiger partial charge in [0.1, 0.15) is 15.9 Å². The molecule has 4 nitrogen and oxygen atoms in total. The summed E-state index contributed by atoms with van der Waals surface area (Å²) in [6, 6.07) is 0. The van der Waals surface area contributed by atoms with Crippen LogP contribution in [0.4, 0.5) is 0 Å². The summed E-state index contributed by atoms with van der Waals surface area (Å²) >= 11 is 3.40. The van der Waals surface area contributed by atoms with Gasteiger partial charge in [-0.2, -0.15) is 0 Å². The summed E-state index contributed by atoms with van der Waals surface area (Å²) in [4.78, 5) is 20.1. The highest BCUT2D eigenvalue weighted by molar-refractivity contribution is 9.10. The average Bonchev–Trinajstić information content (AvgIpc) is 3.29. The molecule has 0 amide bonds. The molecule has 3 rings (SSSR count). The predicted molar refractivity (Wildman–Crippen MR) is 85.5 cm³/mol. The van der Waals surface area contributed by atoms with E-state index in [1.54, 1.807) is 0 Å². The molecular formula is C16H23BrN2O2. The van der Waals surface area contributed by atoms with Crippen LogP contribution in [0.5, 0.6) is 0 Å². The first kappa shape index (κ1) is 15.2. The van der Waals surface area contributed by atoms with Crippen molar-refractivity contribution in [2.45, 2.75) is 69.8 Å². The molecule has 1 aromatic rings. The number of rotatable bonds is 4. The topological polar surface area (TPSA) is 55.0 Å². The predicted octanol–water partition coefficient (Wildman–Crippen LogP) is 4.00. The fraction of sp³-hybridized carbons (Fsp3) is 0.750. The summed E-state index contributed by atoms with van der Waals surface area (Å²) < 4.78 is 6.74. The Balaban J connectivity index is 2.04. The summed E-state index contributed by atoms with van der Waals surface area (Å²) in [6.45, 7) is 2.67. The van der Waals surface area contributed by atoms with Crippen LogP contribution in [0.25, 0.3) is 0 Å². The third-order valence-electron chi connectivity index (χ3n) is 4.62. The maximum absolute atomic E-state index is 12.3. The van der Waals surface area contributed by atoms with Crippen molar-refractivity contribution in [3.63, 3.8) is 0 Å². The number of aromatic amines is 1. The van der Waals surface area contributed by atoms with Gasteiger partial charge in [0, 0.05) is 12.5 Å². The van der Waals surface area contributed by atoms with Gasteiger partial charge in [-0.25, -0.2) is 4.98 Å². The number of hydrogen-bond donors (Lipinski definition) is 1. The number of nitrogens with one attached hydrogen (secondary N) is 1. The van der Waals surface area contributed by atoms with Crippen molar-refractivity contribution < 1.29 is 4.74 Å². The van der Waals surface area contributed by atoms with Gasteiger partial charge in [0.2, 0.25) is 0 Å². The molecule has 0 radical (unpaired) electrons. The van der Waals surface area contributed by atoms with E-state index in [0.29, 0.717) is 17.0 Å². The molecule has 0 saturated heterocycles. The van der Waals surface area contributed by atoms with Crippen LogP contribution in [0.3, 0.4) is 0 Å². The van der Waals surface area contributed by atoms with E-state index in [-0.39, 0.29) is 5.56 Å². The van der Waals surface area contributed by atoms with Gasteiger partial charge in [0.25, 0.3) is 5.56 Å². The first-order valence-corrected chi connectivity index (χ1v) is 8.90. The molecule has 0 unspecified atom stereocenters. The van der Waals surface area contributed by atoms with Crippen LogP contribution in [-0.2, 0) is 10.3 Å². The maximum atomic E-state index is 12.3. The SMILES string of the molecule is CCOC1(c2nc(C3CC3)c(Br)c(=O)[nH]2)CCCCCC1. The largest absolute Gasteiger partial charge is 0.367 e. The number of ether oxygens (including phenoxy) is 1. The Labute approximate surface area is 133 Å². The van der Waals surface area contributed by atoms with Crippen LogP contribution in [0.15, 0.2) is 9.27 Å². The fourth-order valence-electron chi connectivity index (χ4n) is 3.34. The van der Waals surface area contributed by atoms with E-state index < -0.39 is 5.60 Å². The van der Waals surface area contributed by atoms with E-state index >= 15 is 0 Å². The Kier molecular flexibility index (Phi) is 4.50. The Morgan fingerprint density at radius 3 is 2.52 bits per heavy atom. The highest BCUT2D eigenvalue weighted by Gasteiger charge is 2.38. The van der Waals surface area contributed by atoms with Crippen LogP contribution in [0, 0.1) is 0 Å². The van der Waals surface area contributed by atoms with Crippen molar-refractivity contribution in [3.8, 4) is 0 Å². The van der Waals surface area contributed by atoms with E-state index in [0.717, 1.165) is 50.0 Å². The van der Waals surface area contributed by atoms with Gasteiger partial charge in [-0.05, 0) is 48.5 Å². The van der Waals surface area contributed by atoms with Gasteiger partial charge in [-0.1, -0.05) is 25.7 Å². The summed E-state index contributed by atoms with van der Waals surface area (Å²) in [5.41, 5.74) is 0.469. The van der Waals surface area contributed by atoms with Crippen molar-refractivity contribution >= 4 is 15.9 Å². The molecule has 0 spiro atoms. The molecule has 2 aliphatic rings. The molecule has 0 aliphatic heterocycles. The smallest absolute Gasteiger partial charge is 0.265 e. The lowest BCUT2D eigenvalue weighted by Gasteiger charge is -2.32. The molecule has 1 aromatic heterocycles. The van der Waals surface area contributed by atoms with Gasteiger partial charge in [-0.15, -0.1) is 0 Å². The second-order valence-corrected chi connectivity index (χ2v) is 7.02. The van der Waals surface area contributed by atoms with E-state index in [1.807, 2.05) is 6.92 Å². The maximum Gasteiger partial charge on any atom is 0.265 e. The quantitative estimate of drug-likeness (QED) is 0.831. The molecule has 0 bridgehead atoms. The van der Waals surface area contributed by atoms with Crippen molar-refractivity contribution in [2.75, 3.05) is 6.61 Å². The average molecular weight is 355 g/mol. The van der Waals surface area contributed by atoms with Crippen LogP contribution < -0.4 is 5.56 Å². The van der Waals surface area contributed by atoms with Gasteiger partial charge < -0.3 is 9.72 Å². The van der Waals surface area contributed by atoms with E-state index in [4.69, 9.17) is 9.72 Å². The molecule has 1 N–H and O–H groups in total. The Morgan fingerprint density at radius 2 is 1.95 bits per heavy atom. The standard InChI is InChI=1S/C16H23BrN2O2/c1-2-21-16(9-5-3-4-6-10-16)15-18-13(11-7-8-11)12(17)14(20)19-15/h11H,2-10H2,1H3,(H,18,19,20). The summed E-state index contributed by atoms with van der Waals surface area (Å²) in [7, 11) is 0. The highest BCUT2D eigenvalue weighted by atomic mass is 79.9. The number of hydrogen-bond acceptors (Lipinski definition) is 3. The normalized spacial score (nSPS) is 22.0. The minimum Gasteiger partial charge on any atom is -0.367 e. The number of halogens is 1. The van der Waals surface area contributed by atoms with Gasteiger partial charge in [0.15, 0.2) is 0 Å². The molecule has 5 heteroatoms. The van der Waals surface area contributed by atoms with E-state index in [1.165, 1.54) is 12.8 Å². The molecule has 116 valence electrons. The Hall–Kier alpha value is -0.680. The zero-order chi connectivity index (χ0) is 14.9. The number of H-pyrrole nitrogens is 1. The van der Waals surface area contributed by atoms with Gasteiger partial charge in [0.05, 0.1) is 5.69 Å². The van der Waals surface area contributed by atoms with E-state index in [2.05, 4.69) is 20.9 Å². The summed E-state index contributed by atoms with van der Waals surface area (Å²) in [6.07, 6.45) is 8.94. The van der Waals surface area contributed by atoms with Crippen molar-refractivity contribution in [3.05, 3.63) is 26.3 Å². The number of aromatic nitrogens is 2. The monoisotopic (exact) mass is 354 g/mol. The van der Waals surface area contributed by atoms with Crippen LogP contribution in [0.1, 0.15) is 75.7 Å². The third kappa shape index (κ3) is 3.09. The lowest BCUT2D eigenvalue weighted by atomic mass is 9.92. The summed E-state index contributed by atoms with van der Waals surface area (Å²) in [5, 5.41) is 0. The lowest BCUT2D eigenvalue weighted by molar-refractivity contribution is -0.0627. The third-order valence-corrected chi connectivity index (χ3v) is 5.38. The minimum absolute atomic E-state index is 0.0646. The second-order valence-electron chi connectivity index (χ2n) is 6.23. The molecule has 1 heterocycles. The minimum atomic E-state index is -0.394. The van der Waals surface area contributed by atoms with Crippen molar-refractivity contribution in [2.24, 2.45) is 0 Å². The van der Waals surface area contributed by atoms with Gasteiger partial charge >= 0.3 is 0 Å². The van der Waals surface area contributed by atoms with Crippen molar-refractivity contribution in [1.29, 1.82) is 0 Å².